The van der Waals surface area contributed by atoms with Crippen LogP contribution in [0.1, 0.15) is 16.8 Å². The van der Waals surface area contributed by atoms with Crippen molar-refractivity contribution in [2.75, 3.05) is 37.9 Å². The van der Waals surface area contributed by atoms with Crippen molar-refractivity contribution in [1.82, 2.24) is 0 Å². The minimum absolute atomic E-state index is 0.359. The predicted octanol–water partition coefficient (Wildman–Crippen LogP) is 1.50. The molecule has 0 radical (unpaired) electrons. The SMILES string of the molecule is COC(=O)c1ccc(N)c(NC[C@@H]2CCOC2)c1. The van der Waals surface area contributed by atoms with E-state index in [1.54, 1.807) is 18.2 Å². The van der Waals surface area contributed by atoms with Gasteiger partial charge in [0.15, 0.2) is 0 Å². The summed E-state index contributed by atoms with van der Waals surface area (Å²) in [5.74, 6) is 0.147. The monoisotopic (exact) mass is 250 g/mol. The van der Waals surface area contributed by atoms with Gasteiger partial charge in [-0.1, -0.05) is 0 Å². The molecule has 1 aliphatic rings. The molecule has 1 fully saturated rings. The number of anilines is 2. The number of esters is 1. The Balaban J connectivity index is 2.03. The fourth-order valence-corrected chi connectivity index (χ4v) is 1.95. The molecular formula is C13H18N2O3. The van der Waals surface area contributed by atoms with Gasteiger partial charge in [0.25, 0.3) is 0 Å². The van der Waals surface area contributed by atoms with Gasteiger partial charge in [-0.25, -0.2) is 4.79 Å². The zero-order valence-corrected chi connectivity index (χ0v) is 10.4. The van der Waals surface area contributed by atoms with E-state index in [9.17, 15) is 4.79 Å². The number of carbonyl (C=O) groups excluding carboxylic acids is 1. The van der Waals surface area contributed by atoms with Gasteiger partial charge in [-0.2, -0.15) is 0 Å². The van der Waals surface area contributed by atoms with Crippen LogP contribution in [-0.2, 0) is 9.47 Å². The lowest BCUT2D eigenvalue weighted by Gasteiger charge is -2.13. The number of nitrogen functional groups attached to an aromatic ring is 1. The van der Waals surface area contributed by atoms with E-state index in [2.05, 4.69) is 10.1 Å². The number of nitrogens with two attached hydrogens (primary N) is 1. The molecule has 1 atom stereocenters. The van der Waals surface area contributed by atoms with Crippen LogP contribution in [0.15, 0.2) is 18.2 Å². The lowest BCUT2D eigenvalue weighted by atomic mass is 10.1. The lowest BCUT2D eigenvalue weighted by Crippen LogP contribution is -2.15. The quantitative estimate of drug-likeness (QED) is 0.626. The molecule has 1 aromatic carbocycles. The largest absolute Gasteiger partial charge is 0.465 e. The molecule has 0 unspecified atom stereocenters. The highest BCUT2D eigenvalue weighted by Gasteiger charge is 2.16. The maximum atomic E-state index is 11.4. The Kier molecular flexibility index (Phi) is 4.04. The fourth-order valence-electron chi connectivity index (χ4n) is 1.95. The Morgan fingerprint density at radius 3 is 3.11 bits per heavy atom. The van der Waals surface area contributed by atoms with E-state index in [1.807, 2.05) is 0 Å². The van der Waals surface area contributed by atoms with E-state index < -0.39 is 0 Å². The molecule has 0 aliphatic carbocycles. The molecule has 5 heteroatoms. The summed E-state index contributed by atoms with van der Waals surface area (Å²) in [6.07, 6.45) is 1.06. The van der Waals surface area contributed by atoms with Crippen molar-refractivity contribution in [3.8, 4) is 0 Å². The van der Waals surface area contributed by atoms with Crippen LogP contribution in [0.5, 0.6) is 0 Å². The normalized spacial score (nSPS) is 18.6. The zero-order valence-electron chi connectivity index (χ0n) is 10.4. The van der Waals surface area contributed by atoms with Crippen molar-refractivity contribution >= 4 is 17.3 Å². The highest BCUT2D eigenvalue weighted by molar-refractivity contribution is 5.91. The topological polar surface area (TPSA) is 73.6 Å². The summed E-state index contributed by atoms with van der Waals surface area (Å²) in [6, 6.07) is 5.09. The second-order valence-electron chi connectivity index (χ2n) is 4.40. The number of methoxy groups -OCH3 is 1. The number of rotatable bonds is 4. The molecule has 0 aromatic heterocycles. The summed E-state index contributed by atoms with van der Waals surface area (Å²) in [5.41, 5.74) is 7.76. The summed E-state index contributed by atoms with van der Waals surface area (Å²) >= 11 is 0. The zero-order chi connectivity index (χ0) is 13.0. The van der Waals surface area contributed by atoms with Crippen molar-refractivity contribution < 1.29 is 14.3 Å². The minimum Gasteiger partial charge on any atom is -0.465 e. The van der Waals surface area contributed by atoms with Crippen molar-refractivity contribution in [1.29, 1.82) is 0 Å². The first-order valence-corrected chi connectivity index (χ1v) is 6.00. The van der Waals surface area contributed by atoms with E-state index in [1.165, 1.54) is 7.11 Å². The second kappa shape index (κ2) is 5.73. The highest BCUT2D eigenvalue weighted by Crippen LogP contribution is 2.22. The van der Waals surface area contributed by atoms with Gasteiger partial charge in [0.2, 0.25) is 0 Å². The minimum atomic E-state index is -0.359. The maximum absolute atomic E-state index is 11.4. The molecule has 0 spiro atoms. The van der Waals surface area contributed by atoms with Gasteiger partial charge in [-0.3, -0.25) is 0 Å². The molecule has 0 amide bonds. The van der Waals surface area contributed by atoms with Gasteiger partial charge in [-0.15, -0.1) is 0 Å². The molecular weight excluding hydrogens is 232 g/mol. The van der Waals surface area contributed by atoms with Crippen molar-refractivity contribution in [2.45, 2.75) is 6.42 Å². The summed E-state index contributed by atoms with van der Waals surface area (Å²) < 4.78 is 9.99. The average molecular weight is 250 g/mol. The van der Waals surface area contributed by atoms with Gasteiger partial charge >= 0.3 is 5.97 Å². The number of carbonyl (C=O) groups is 1. The summed E-state index contributed by atoms with van der Waals surface area (Å²) in [7, 11) is 1.36. The Morgan fingerprint density at radius 1 is 1.61 bits per heavy atom. The molecule has 2 rings (SSSR count). The van der Waals surface area contributed by atoms with E-state index in [4.69, 9.17) is 10.5 Å². The van der Waals surface area contributed by atoms with Crippen LogP contribution in [0.3, 0.4) is 0 Å². The number of ether oxygens (including phenoxy) is 2. The third kappa shape index (κ3) is 2.92. The van der Waals surface area contributed by atoms with Gasteiger partial charge < -0.3 is 20.5 Å². The first-order valence-electron chi connectivity index (χ1n) is 6.00. The Bertz CT molecular complexity index is 428. The first-order chi connectivity index (χ1) is 8.70. The third-order valence-corrected chi connectivity index (χ3v) is 3.08. The lowest BCUT2D eigenvalue weighted by molar-refractivity contribution is 0.0601. The number of hydrogen-bond donors (Lipinski definition) is 2. The predicted molar refractivity (Wildman–Crippen MR) is 69.6 cm³/mol. The van der Waals surface area contributed by atoms with Crippen molar-refractivity contribution in [3.63, 3.8) is 0 Å². The molecule has 98 valence electrons. The maximum Gasteiger partial charge on any atom is 0.337 e. The number of hydrogen-bond acceptors (Lipinski definition) is 5. The molecule has 1 heterocycles. The summed E-state index contributed by atoms with van der Waals surface area (Å²) in [4.78, 5) is 11.4. The fraction of sp³-hybridized carbons (Fsp3) is 0.462. The highest BCUT2D eigenvalue weighted by atomic mass is 16.5. The Morgan fingerprint density at radius 2 is 2.44 bits per heavy atom. The van der Waals surface area contributed by atoms with E-state index in [0.717, 1.165) is 31.9 Å². The van der Waals surface area contributed by atoms with Crippen molar-refractivity contribution in [2.24, 2.45) is 5.92 Å². The Labute approximate surface area is 106 Å². The van der Waals surface area contributed by atoms with Crippen LogP contribution in [0, 0.1) is 5.92 Å². The van der Waals surface area contributed by atoms with Crippen LogP contribution in [0.2, 0.25) is 0 Å². The average Bonchev–Trinajstić information content (AvgIpc) is 2.90. The molecule has 18 heavy (non-hydrogen) atoms. The molecule has 1 aromatic rings. The number of benzene rings is 1. The molecule has 5 nitrogen and oxygen atoms in total. The van der Waals surface area contributed by atoms with Crippen LogP contribution >= 0.6 is 0 Å². The van der Waals surface area contributed by atoms with Crippen LogP contribution < -0.4 is 11.1 Å². The third-order valence-electron chi connectivity index (χ3n) is 3.08. The van der Waals surface area contributed by atoms with Crippen LogP contribution in [-0.4, -0.2) is 32.8 Å². The van der Waals surface area contributed by atoms with Crippen molar-refractivity contribution in [3.05, 3.63) is 23.8 Å². The molecule has 3 N–H and O–H groups in total. The first kappa shape index (κ1) is 12.7. The van der Waals surface area contributed by atoms with Gasteiger partial charge in [0.05, 0.1) is 30.7 Å². The van der Waals surface area contributed by atoms with E-state index in [0.29, 0.717) is 17.2 Å². The summed E-state index contributed by atoms with van der Waals surface area (Å²) in [5, 5.41) is 3.26. The van der Waals surface area contributed by atoms with Gasteiger partial charge in [0, 0.05) is 19.1 Å². The molecule has 1 saturated heterocycles. The second-order valence-corrected chi connectivity index (χ2v) is 4.40. The van der Waals surface area contributed by atoms with Gasteiger partial charge in [-0.05, 0) is 24.6 Å². The molecule has 0 bridgehead atoms. The Hall–Kier alpha value is -1.75. The van der Waals surface area contributed by atoms with E-state index in [-0.39, 0.29) is 5.97 Å². The van der Waals surface area contributed by atoms with Gasteiger partial charge in [0.1, 0.15) is 0 Å². The van der Waals surface area contributed by atoms with Crippen LogP contribution in [0.4, 0.5) is 11.4 Å². The molecule has 1 aliphatic heterocycles. The number of nitrogens with one attached hydrogen (secondary N) is 1. The molecule has 0 saturated carbocycles. The van der Waals surface area contributed by atoms with Crippen LogP contribution in [0.25, 0.3) is 0 Å². The van der Waals surface area contributed by atoms with E-state index >= 15 is 0 Å². The summed E-state index contributed by atoms with van der Waals surface area (Å²) in [6.45, 7) is 2.41. The smallest absolute Gasteiger partial charge is 0.337 e. The standard InChI is InChI=1S/C13H18N2O3/c1-17-13(16)10-2-3-11(14)12(6-10)15-7-9-4-5-18-8-9/h2-3,6,9,15H,4-5,7-8,14H2,1H3/t9-/m0/s1.